The summed E-state index contributed by atoms with van der Waals surface area (Å²) < 4.78 is 10.9. The molecule has 5 heteroatoms. The third-order valence-electron chi connectivity index (χ3n) is 4.02. The van der Waals surface area contributed by atoms with E-state index in [1.165, 1.54) is 12.8 Å². The Bertz CT molecular complexity index is 608. The van der Waals surface area contributed by atoms with E-state index in [1.54, 1.807) is 13.4 Å². The number of benzene rings is 1. The van der Waals surface area contributed by atoms with Crippen LogP contribution < -0.4 is 14.4 Å². The van der Waals surface area contributed by atoms with E-state index < -0.39 is 0 Å². The van der Waals surface area contributed by atoms with Gasteiger partial charge >= 0.3 is 0 Å². The zero-order valence-electron chi connectivity index (χ0n) is 13.0. The van der Waals surface area contributed by atoms with Gasteiger partial charge in [-0.15, -0.1) is 0 Å². The minimum Gasteiger partial charge on any atom is -0.497 e. The van der Waals surface area contributed by atoms with Crippen LogP contribution in [-0.2, 0) is 0 Å². The summed E-state index contributed by atoms with van der Waals surface area (Å²) in [6.45, 7) is 4.38. The van der Waals surface area contributed by atoms with Gasteiger partial charge in [0.15, 0.2) is 0 Å². The molecule has 22 heavy (non-hydrogen) atoms. The summed E-state index contributed by atoms with van der Waals surface area (Å²) in [6, 6.07) is 9.36. The third kappa shape index (κ3) is 3.47. The molecule has 1 fully saturated rings. The van der Waals surface area contributed by atoms with E-state index in [0.29, 0.717) is 5.88 Å². The van der Waals surface area contributed by atoms with Crippen molar-refractivity contribution in [3.63, 3.8) is 0 Å². The summed E-state index contributed by atoms with van der Waals surface area (Å²) in [7, 11) is 1.64. The Kier molecular flexibility index (Phi) is 4.42. The highest BCUT2D eigenvalue weighted by molar-refractivity contribution is 5.42. The second kappa shape index (κ2) is 6.64. The van der Waals surface area contributed by atoms with Gasteiger partial charge in [-0.05, 0) is 43.0 Å². The Hall–Kier alpha value is -2.30. The lowest BCUT2D eigenvalue weighted by Gasteiger charge is -2.31. The second-order valence-electron chi connectivity index (χ2n) is 5.66. The summed E-state index contributed by atoms with van der Waals surface area (Å²) in [5.41, 5.74) is 0. The number of hydrogen-bond acceptors (Lipinski definition) is 5. The number of ether oxygens (including phenoxy) is 2. The fourth-order valence-electron chi connectivity index (χ4n) is 2.56. The molecule has 0 bridgehead atoms. The van der Waals surface area contributed by atoms with Gasteiger partial charge in [0.25, 0.3) is 0 Å². The molecule has 1 aromatic carbocycles. The topological polar surface area (TPSA) is 47.5 Å². The smallest absolute Gasteiger partial charge is 0.224 e. The van der Waals surface area contributed by atoms with E-state index >= 15 is 0 Å². The van der Waals surface area contributed by atoms with Crippen molar-refractivity contribution >= 4 is 5.82 Å². The van der Waals surface area contributed by atoms with Crippen molar-refractivity contribution in [1.82, 2.24) is 9.97 Å². The van der Waals surface area contributed by atoms with E-state index in [-0.39, 0.29) is 0 Å². The number of nitrogens with zero attached hydrogens (tertiary/aromatic N) is 3. The van der Waals surface area contributed by atoms with E-state index in [2.05, 4.69) is 21.8 Å². The highest BCUT2D eigenvalue weighted by Gasteiger charge is 2.17. The molecule has 1 aliphatic rings. The lowest BCUT2D eigenvalue weighted by atomic mass is 9.99. The van der Waals surface area contributed by atoms with Gasteiger partial charge in [0.1, 0.15) is 23.6 Å². The SMILES string of the molecule is COc1ccc(Oc2cc(N3CCC(C)CC3)ncn2)cc1. The predicted octanol–water partition coefficient (Wildman–Crippen LogP) is 3.51. The molecule has 5 nitrogen and oxygen atoms in total. The monoisotopic (exact) mass is 299 g/mol. The normalized spacial score (nSPS) is 15.6. The molecular formula is C17H21N3O2. The van der Waals surface area contributed by atoms with Gasteiger partial charge in [-0.3, -0.25) is 0 Å². The van der Waals surface area contributed by atoms with Crippen LogP contribution in [0, 0.1) is 5.92 Å². The van der Waals surface area contributed by atoms with Gasteiger partial charge in [0.2, 0.25) is 5.88 Å². The van der Waals surface area contributed by atoms with Crippen molar-refractivity contribution < 1.29 is 9.47 Å². The molecule has 3 rings (SSSR count). The lowest BCUT2D eigenvalue weighted by Crippen LogP contribution is -2.33. The minimum absolute atomic E-state index is 0.564. The van der Waals surface area contributed by atoms with Crippen molar-refractivity contribution in [3.8, 4) is 17.4 Å². The first kappa shape index (κ1) is 14.6. The molecule has 0 radical (unpaired) electrons. The number of hydrogen-bond donors (Lipinski definition) is 0. The number of piperidine rings is 1. The first-order chi connectivity index (χ1) is 10.7. The molecule has 0 unspecified atom stereocenters. The van der Waals surface area contributed by atoms with Crippen molar-refractivity contribution in [3.05, 3.63) is 36.7 Å². The lowest BCUT2D eigenvalue weighted by molar-refractivity contribution is 0.412. The quantitative estimate of drug-likeness (QED) is 0.864. The zero-order valence-corrected chi connectivity index (χ0v) is 13.0. The van der Waals surface area contributed by atoms with E-state index in [1.807, 2.05) is 30.3 Å². The van der Waals surface area contributed by atoms with Crippen LogP contribution in [-0.4, -0.2) is 30.2 Å². The van der Waals surface area contributed by atoms with Crippen molar-refractivity contribution in [2.75, 3.05) is 25.1 Å². The number of methoxy groups -OCH3 is 1. The third-order valence-corrected chi connectivity index (χ3v) is 4.02. The molecular weight excluding hydrogens is 278 g/mol. The Morgan fingerprint density at radius 2 is 1.73 bits per heavy atom. The van der Waals surface area contributed by atoms with Crippen molar-refractivity contribution in [2.24, 2.45) is 5.92 Å². The van der Waals surface area contributed by atoms with Gasteiger partial charge < -0.3 is 14.4 Å². The highest BCUT2D eigenvalue weighted by atomic mass is 16.5. The molecule has 116 valence electrons. The summed E-state index contributed by atoms with van der Waals surface area (Å²) in [6.07, 6.45) is 3.98. The molecule has 0 N–H and O–H groups in total. The van der Waals surface area contributed by atoms with Gasteiger partial charge in [-0.1, -0.05) is 6.92 Å². The molecule has 1 aromatic heterocycles. The molecule has 2 heterocycles. The largest absolute Gasteiger partial charge is 0.497 e. The Labute approximate surface area is 130 Å². The molecule has 1 aliphatic heterocycles. The Morgan fingerprint density at radius 3 is 2.41 bits per heavy atom. The fraction of sp³-hybridized carbons (Fsp3) is 0.412. The summed E-state index contributed by atoms with van der Waals surface area (Å²) in [5, 5.41) is 0. The molecule has 1 saturated heterocycles. The van der Waals surface area contributed by atoms with Crippen LogP contribution >= 0.6 is 0 Å². The molecule has 0 saturated carbocycles. The first-order valence-corrected chi connectivity index (χ1v) is 7.63. The summed E-state index contributed by atoms with van der Waals surface area (Å²) in [5.74, 6) is 3.84. The maximum absolute atomic E-state index is 5.80. The van der Waals surface area contributed by atoms with Gasteiger partial charge in [0.05, 0.1) is 7.11 Å². The molecule has 0 aliphatic carbocycles. The number of anilines is 1. The van der Waals surface area contributed by atoms with Crippen LogP contribution in [0.3, 0.4) is 0 Å². The van der Waals surface area contributed by atoms with Crippen LogP contribution in [0.15, 0.2) is 36.7 Å². The minimum atomic E-state index is 0.564. The highest BCUT2D eigenvalue weighted by Crippen LogP contribution is 2.26. The van der Waals surface area contributed by atoms with Crippen LogP contribution in [0.4, 0.5) is 5.82 Å². The molecule has 0 amide bonds. The zero-order chi connectivity index (χ0) is 15.4. The van der Waals surface area contributed by atoms with Crippen LogP contribution in [0.2, 0.25) is 0 Å². The number of rotatable bonds is 4. The van der Waals surface area contributed by atoms with Crippen LogP contribution in [0.5, 0.6) is 17.4 Å². The second-order valence-corrected chi connectivity index (χ2v) is 5.66. The predicted molar refractivity (Wildman–Crippen MR) is 85.7 cm³/mol. The van der Waals surface area contributed by atoms with Crippen LogP contribution in [0.1, 0.15) is 19.8 Å². The average Bonchev–Trinajstić information content (AvgIpc) is 2.56. The Balaban J connectivity index is 1.70. The van der Waals surface area contributed by atoms with Gasteiger partial charge in [0, 0.05) is 19.2 Å². The fourth-order valence-corrected chi connectivity index (χ4v) is 2.56. The summed E-state index contributed by atoms with van der Waals surface area (Å²) in [4.78, 5) is 10.9. The van der Waals surface area contributed by atoms with Crippen molar-refractivity contribution in [2.45, 2.75) is 19.8 Å². The van der Waals surface area contributed by atoms with E-state index in [0.717, 1.165) is 36.3 Å². The van der Waals surface area contributed by atoms with E-state index in [4.69, 9.17) is 9.47 Å². The average molecular weight is 299 g/mol. The van der Waals surface area contributed by atoms with Crippen LogP contribution in [0.25, 0.3) is 0 Å². The first-order valence-electron chi connectivity index (χ1n) is 7.63. The molecule has 0 spiro atoms. The van der Waals surface area contributed by atoms with Gasteiger partial charge in [-0.2, -0.15) is 0 Å². The number of aromatic nitrogens is 2. The molecule has 0 atom stereocenters. The standard InChI is InChI=1S/C17H21N3O2/c1-13-7-9-20(10-8-13)16-11-17(19-12-18-16)22-15-5-3-14(21-2)4-6-15/h3-6,11-13H,7-10H2,1-2H3. The van der Waals surface area contributed by atoms with Crippen molar-refractivity contribution in [1.29, 1.82) is 0 Å². The molecule has 2 aromatic rings. The maximum atomic E-state index is 5.80. The van der Waals surface area contributed by atoms with Gasteiger partial charge in [-0.25, -0.2) is 9.97 Å². The Morgan fingerprint density at radius 1 is 1.05 bits per heavy atom. The maximum Gasteiger partial charge on any atom is 0.224 e. The van der Waals surface area contributed by atoms with E-state index in [9.17, 15) is 0 Å². The summed E-state index contributed by atoms with van der Waals surface area (Å²) >= 11 is 0.